The van der Waals surface area contributed by atoms with Crippen molar-refractivity contribution in [2.24, 2.45) is 0 Å². The zero-order valence-corrected chi connectivity index (χ0v) is 10.3. The molecule has 3 rings (SSSR count). The molecule has 0 spiro atoms. The topological polar surface area (TPSA) is 30.7 Å². The van der Waals surface area contributed by atoms with Gasteiger partial charge in [-0.3, -0.25) is 0 Å². The number of aryl methyl sites for hydroxylation is 1. The van der Waals surface area contributed by atoms with Crippen molar-refractivity contribution >= 4 is 11.6 Å². The molecule has 1 aliphatic carbocycles. The summed E-state index contributed by atoms with van der Waals surface area (Å²) in [7, 11) is 0. The van der Waals surface area contributed by atoms with Gasteiger partial charge in [-0.05, 0) is 42.9 Å². The Hall–Kier alpha value is -1.35. The summed E-state index contributed by atoms with van der Waals surface area (Å²) in [6.45, 7) is 0. The second-order valence-electron chi connectivity index (χ2n) is 4.41. The van der Waals surface area contributed by atoms with E-state index in [1.807, 2.05) is 10.9 Å². The Bertz CT molecular complexity index is 533. The third-order valence-corrected chi connectivity index (χ3v) is 3.57. The van der Waals surface area contributed by atoms with E-state index in [0.29, 0.717) is 5.88 Å². The number of alkyl halides is 1. The lowest BCUT2D eigenvalue weighted by Gasteiger charge is -2.18. The first-order valence-electron chi connectivity index (χ1n) is 5.97. The highest BCUT2D eigenvalue weighted by atomic mass is 35.5. The number of benzene rings is 1. The van der Waals surface area contributed by atoms with Crippen LogP contribution < -0.4 is 0 Å². The van der Waals surface area contributed by atoms with Crippen LogP contribution in [0, 0.1) is 0 Å². The summed E-state index contributed by atoms with van der Waals surface area (Å²) in [4.78, 5) is 0. The third-order valence-electron chi connectivity index (χ3n) is 3.30. The number of nitrogens with zero attached hydrogens (tertiary/aromatic N) is 3. The summed E-state index contributed by atoms with van der Waals surface area (Å²) in [5.74, 6) is 0.412. The molecule has 1 aromatic heterocycles. The lowest BCUT2D eigenvalue weighted by Crippen LogP contribution is -2.08. The van der Waals surface area contributed by atoms with Crippen LogP contribution in [-0.2, 0) is 18.7 Å². The Labute approximate surface area is 105 Å². The number of fused-ring (bicyclic) bond motifs is 1. The average Bonchev–Trinajstić information content (AvgIpc) is 2.87. The van der Waals surface area contributed by atoms with Crippen molar-refractivity contribution < 1.29 is 0 Å². The third kappa shape index (κ3) is 1.95. The van der Waals surface area contributed by atoms with Gasteiger partial charge in [0.1, 0.15) is 0 Å². The number of rotatable bonds is 2. The maximum Gasteiger partial charge on any atom is 0.0979 e. The van der Waals surface area contributed by atoms with E-state index in [1.165, 1.54) is 30.4 Å². The molecule has 0 radical (unpaired) electrons. The van der Waals surface area contributed by atoms with E-state index in [2.05, 4.69) is 28.5 Å². The summed E-state index contributed by atoms with van der Waals surface area (Å²) in [5, 5.41) is 8.19. The van der Waals surface area contributed by atoms with Crippen molar-refractivity contribution in [3.63, 3.8) is 0 Å². The largest absolute Gasteiger partial charge is 0.220 e. The molecule has 1 aliphatic rings. The smallest absolute Gasteiger partial charge is 0.0979 e. The Morgan fingerprint density at radius 2 is 2.12 bits per heavy atom. The molecule has 4 heteroatoms. The first kappa shape index (κ1) is 10.8. The minimum absolute atomic E-state index is 0.412. The first-order valence-corrected chi connectivity index (χ1v) is 6.50. The number of hydrogen-bond donors (Lipinski definition) is 0. The Morgan fingerprint density at radius 1 is 1.24 bits per heavy atom. The molecule has 0 unspecified atom stereocenters. The van der Waals surface area contributed by atoms with Gasteiger partial charge in [0.05, 0.1) is 23.5 Å². The summed E-state index contributed by atoms with van der Waals surface area (Å²) < 4.78 is 1.85. The van der Waals surface area contributed by atoms with Crippen LogP contribution in [0.25, 0.3) is 5.69 Å². The van der Waals surface area contributed by atoms with Crippen LogP contribution in [-0.4, -0.2) is 15.0 Å². The predicted molar refractivity (Wildman–Crippen MR) is 67.6 cm³/mol. The van der Waals surface area contributed by atoms with E-state index in [9.17, 15) is 0 Å². The maximum atomic E-state index is 5.76. The predicted octanol–water partition coefficient (Wildman–Crippen LogP) is 2.88. The van der Waals surface area contributed by atoms with Crippen molar-refractivity contribution in [3.8, 4) is 5.69 Å². The maximum absolute atomic E-state index is 5.76. The molecule has 0 atom stereocenters. The van der Waals surface area contributed by atoms with Gasteiger partial charge in [0.15, 0.2) is 0 Å². The van der Waals surface area contributed by atoms with Gasteiger partial charge < -0.3 is 0 Å². The average molecular weight is 248 g/mol. The zero-order valence-electron chi connectivity index (χ0n) is 9.56. The molecule has 17 heavy (non-hydrogen) atoms. The molecule has 1 heterocycles. The Balaban J connectivity index is 2.07. The molecule has 0 N–H and O–H groups in total. The molecular weight excluding hydrogens is 234 g/mol. The highest BCUT2D eigenvalue weighted by Crippen LogP contribution is 2.26. The highest BCUT2D eigenvalue weighted by molar-refractivity contribution is 6.16. The van der Waals surface area contributed by atoms with Gasteiger partial charge in [-0.2, -0.15) is 0 Å². The van der Waals surface area contributed by atoms with Crippen molar-refractivity contribution in [3.05, 3.63) is 41.2 Å². The van der Waals surface area contributed by atoms with Crippen molar-refractivity contribution in [1.29, 1.82) is 0 Å². The van der Waals surface area contributed by atoms with E-state index in [4.69, 9.17) is 11.6 Å². The minimum Gasteiger partial charge on any atom is -0.220 e. The quantitative estimate of drug-likeness (QED) is 0.764. The van der Waals surface area contributed by atoms with Gasteiger partial charge in [0, 0.05) is 0 Å². The van der Waals surface area contributed by atoms with Crippen LogP contribution in [0.3, 0.4) is 0 Å². The molecule has 2 aromatic rings. The molecule has 0 saturated carbocycles. The van der Waals surface area contributed by atoms with Crippen LogP contribution in [0.2, 0.25) is 0 Å². The lowest BCUT2D eigenvalue weighted by molar-refractivity contribution is 0.673. The van der Waals surface area contributed by atoms with E-state index >= 15 is 0 Å². The van der Waals surface area contributed by atoms with Crippen LogP contribution in [0.1, 0.15) is 29.7 Å². The van der Waals surface area contributed by atoms with Gasteiger partial charge in [0.25, 0.3) is 0 Å². The summed E-state index contributed by atoms with van der Waals surface area (Å²) >= 11 is 5.76. The van der Waals surface area contributed by atoms with E-state index in [0.717, 1.165) is 17.8 Å². The highest BCUT2D eigenvalue weighted by Gasteiger charge is 2.14. The van der Waals surface area contributed by atoms with Gasteiger partial charge in [0.2, 0.25) is 0 Å². The van der Waals surface area contributed by atoms with Crippen molar-refractivity contribution in [2.45, 2.75) is 31.6 Å². The van der Waals surface area contributed by atoms with Crippen molar-refractivity contribution in [2.75, 3.05) is 0 Å². The monoisotopic (exact) mass is 247 g/mol. The SMILES string of the molecule is ClCc1cn(-c2cccc3c2CCCC3)nn1. The second-order valence-corrected chi connectivity index (χ2v) is 4.68. The van der Waals surface area contributed by atoms with Crippen molar-refractivity contribution in [1.82, 2.24) is 15.0 Å². The number of hydrogen-bond acceptors (Lipinski definition) is 2. The molecule has 0 aliphatic heterocycles. The Morgan fingerprint density at radius 3 is 2.94 bits per heavy atom. The summed E-state index contributed by atoms with van der Waals surface area (Å²) in [6.07, 6.45) is 6.79. The van der Waals surface area contributed by atoms with Gasteiger partial charge in [-0.25, -0.2) is 4.68 Å². The fourth-order valence-corrected chi connectivity index (χ4v) is 2.58. The van der Waals surface area contributed by atoms with Crippen LogP contribution in [0.15, 0.2) is 24.4 Å². The van der Waals surface area contributed by atoms with E-state index < -0.39 is 0 Å². The molecule has 1 aromatic carbocycles. The zero-order chi connectivity index (χ0) is 11.7. The Kier molecular flexibility index (Phi) is 2.85. The van der Waals surface area contributed by atoms with E-state index in [-0.39, 0.29) is 0 Å². The fraction of sp³-hybridized carbons (Fsp3) is 0.385. The minimum atomic E-state index is 0.412. The van der Waals surface area contributed by atoms with Crippen LogP contribution in [0.4, 0.5) is 0 Å². The molecule has 3 nitrogen and oxygen atoms in total. The molecular formula is C13H14ClN3. The van der Waals surface area contributed by atoms with Gasteiger partial charge in [-0.1, -0.05) is 17.3 Å². The van der Waals surface area contributed by atoms with Crippen LogP contribution in [0.5, 0.6) is 0 Å². The lowest BCUT2D eigenvalue weighted by atomic mass is 9.90. The van der Waals surface area contributed by atoms with Gasteiger partial charge in [-0.15, -0.1) is 16.7 Å². The standard InChI is InChI=1S/C13H14ClN3/c14-8-11-9-17(16-15-11)13-7-3-5-10-4-1-2-6-12(10)13/h3,5,7,9H,1-2,4,6,8H2. The normalized spacial score (nSPS) is 14.6. The second kappa shape index (κ2) is 4.49. The van der Waals surface area contributed by atoms with E-state index in [1.54, 1.807) is 0 Å². The summed E-state index contributed by atoms with van der Waals surface area (Å²) in [5.41, 5.74) is 4.85. The summed E-state index contributed by atoms with van der Waals surface area (Å²) in [6, 6.07) is 6.43. The van der Waals surface area contributed by atoms with Gasteiger partial charge >= 0.3 is 0 Å². The first-order chi connectivity index (χ1) is 8.38. The fourth-order valence-electron chi connectivity index (χ4n) is 2.45. The molecule has 0 amide bonds. The number of halogens is 1. The molecule has 0 bridgehead atoms. The number of aromatic nitrogens is 3. The molecule has 0 saturated heterocycles. The van der Waals surface area contributed by atoms with Crippen LogP contribution >= 0.6 is 11.6 Å². The molecule has 88 valence electrons. The molecule has 0 fully saturated rings.